The fraction of sp³-hybridized carbons (Fsp3) is 0.333. The number of thiocarbonyl (C=S) groups is 1. The molecular weight excluding hydrogens is 316 g/mol. The van der Waals surface area contributed by atoms with E-state index in [1.54, 1.807) is 37.2 Å². The van der Waals surface area contributed by atoms with Crippen molar-refractivity contribution in [1.29, 1.82) is 0 Å². The predicted octanol–water partition coefficient (Wildman–Crippen LogP) is 2.13. The Bertz CT molecular complexity index is 700. The molecule has 0 spiro atoms. The number of carbonyl (C=O) groups is 1. The van der Waals surface area contributed by atoms with E-state index in [4.69, 9.17) is 12.2 Å². The minimum atomic E-state index is -0.435. The zero-order valence-electron chi connectivity index (χ0n) is 13.2. The number of nitrogens with zero attached hydrogens (tertiary/aromatic N) is 3. The molecule has 2 rings (SSSR count). The van der Waals surface area contributed by atoms with Gasteiger partial charge in [-0.05, 0) is 36.3 Å². The smallest absolute Gasteiger partial charge is 0.293 e. The molecule has 0 bridgehead atoms. The fourth-order valence-electron chi connectivity index (χ4n) is 2.32. The third-order valence-corrected chi connectivity index (χ3v) is 3.72. The van der Waals surface area contributed by atoms with Gasteiger partial charge < -0.3 is 10.2 Å². The number of nitro groups is 1. The topological polar surface area (TPSA) is 78.7 Å². The SMILES string of the molecule is CCCN1C(=O)/C(=C/c2ccc(N(C)C)c([N+](=O)[O-])c2)NC1=S. The lowest BCUT2D eigenvalue weighted by molar-refractivity contribution is -0.384. The lowest BCUT2D eigenvalue weighted by atomic mass is 10.1. The van der Waals surface area contributed by atoms with E-state index in [1.165, 1.54) is 11.0 Å². The molecule has 0 radical (unpaired) electrons. The van der Waals surface area contributed by atoms with Gasteiger partial charge >= 0.3 is 0 Å². The molecule has 0 unspecified atom stereocenters. The molecule has 1 aromatic carbocycles. The van der Waals surface area contributed by atoms with Crippen LogP contribution in [0.5, 0.6) is 0 Å². The van der Waals surface area contributed by atoms with E-state index in [-0.39, 0.29) is 11.6 Å². The number of hydrogen-bond donors (Lipinski definition) is 1. The number of anilines is 1. The summed E-state index contributed by atoms with van der Waals surface area (Å²) >= 11 is 5.14. The van der Waals surface area contributed by atoms with Crippen molar-refractivity contribution in [3.63, 3.8) is 0 Å². The minimum Gasteiger partial charge on any atom is -0.372 e. The van der Waals surface area contributed by atoms with Crippen molar-refractivity contribution < 1.29 is 9.72 Å². The van der Waals surface area contributed by atoms with Crippen LogP contribution in [0.15, 0.2) is 23.9 Å². The maximum atomic E-state index is 12.3. The number of hydrogen-bond acceptors (Lipinski definition) is 5. The van der Waals surface area contributed by atoms with Crippen LogP contribution >= 0.6 is 12.2 Å². The highest BCUT2D eigenvalue weighted by Crippen LogP contribution is 2.28. The van der Waals surface area contributed by atoms with Gasteiger partial charge in [-0.25, -0.2) is 0 Å². The van der Waals surface area contributed by atoms with Crippen molar-refractivity contribution in [2.24, 2.45) is 0 Å². The second kappa shape index (κ2) is 6.74. The van der Waals surface area contributed by atoms with Gasteiger partial charge in [-0.15, -0.1) is 0 Å². The largest absolute Gasteiger partial charge is 0.372 e. The molecule has 0 aromatic heterocycles. The molecule has 8 heteroatoms. The quantitative estimate of drug-likeness (QED) is 0.385. The van der Waals surface area contributed by atoms with E-state index in [1.807, 2.05) is 6.92 Å². The molecule has 1 saturated heterocycles. The highest BCUT2D eigenvalue weighted by atomic mass is 32.1. The summed E-state index contributed by atoms with van der Waals surface area (Å²) in [6.45, 7) is 2.50. The van der Waals surface area contributed by atoms with Gasteiger partial charge in [-0.2, -0.15) is 0 Å². The molecule has 7 nitrogen and oxygen atoms in total. The van der Waals surface area contributed by atoms with Gasteiger partial charge in [-0.1, -0.05) is 13.0 Å². The van der Waals surface area contributed by atoms with Crippen LogP contribution in [0.2, 0.25) is 0 Å². The molecule has 1 amide bonds. The number of nitrogens with one attached hydrogen (secondary N) is 1. The van der Waals surface area contributed by atoms with Gasteiger partial charge in [-0.3, -0.25) is 19.8 Å². The first-order chi connectivity index (χ1) is 10.8. The molecule has 1 N–H and O–H groups in total. The first-order valence-electron chi connectivity index (χ1n) is 7.15. The summed E-state index contributed by atoms with van der Waals surface area (Å²) in [5.74, 6) is -0.212. The Balaban J connectivity index is 2.37. The standard InChI is InChI=1S/C15H18N4O3S/c1-4-7-18-14(20)11(16-15(18)23)8-10-5-6-12(17(2)3)13(9-10)19(21)22/h5-6,8-9H,4,7H2,1-3H3,(H,16,23)/b11-8-. The molecule has 1 aliphatic rings. The second-order valence-electron chi connectivity index (χ2n) is 5.34. The average molecular weight is 334 g/mol. The summed E-state index contributed by atoms with van der Waals surface area (Å²) in [7, 11) is 3.48. The Morgan fingerprint density at radius 1 is 1.43 bits per heavy atom. The van der Waals surface area contributed by atoms with Crippen LogP contribution in [0, 0.1) is 10.1 Å². The third-order valence-electron chi connectivity index (χ3n) is 3.40. The molecule has 1 aliphatic heterocycles. The van der Waals surface area contributed by atoms with E-state index in [0.717, 1.165) is 6.42 Å². The van der Waals surface area contributed by atoms with E-state index < -0.39 is 4.92 Å². The number of nitro benzene ring substituents is 1. The summed E-state index contributed by atoms with van der Waals surface area (Å²) in [5, 5.41) is 14.4. The fourth-order valence-corrected chi connectivity index (χ4v) is 2.60. The maximum absolute atomic E-state index is 12.3. The van der Waals surface area contributed by atoms with Crippen LogP contribution in [0.25, 0.3) is 6.08 Å². The second-order valence-corrected chi connectivity index (χ2v) is 5.73. The molecule has 0 saturated carbocycles. The van der Waals surface area contributed by atoms with Crippen molar-refractivity contribution in [1.82, 2.24) is 10.2 Å². The first kappa shape index (κ1) is 16.9. The van der Waals surface area contributed by atoms with E-state index >= 15 is 0 Å². The van der Waals surface area contributed by atoms with Crippen molar-refractivity contribution in [3.8, 4) is 0 Å². The van der Waals surface area contributed by atoms with Crippen LogP contribution < -0.4 is 10.2 Å². The number of rotatable bonds is 5. The summed E-state index contributed by atoms with van der Waals surface area (Å²) in [6.07, 6.45) is 2.38. The van der Waals surface area contributed by atoms with E-state index in [9.17, 15) is 14.9 Å². The average Bonchev–Trinajstić information content (AvgIpc) is 2.75. The highest BCUT2D eigenvalue weighted by Gasteiger charge is 2.29. The first-order valence-corrected chi connectivity index (χ1v) is 7.56. The highest BCUT2D eigenvalue weighted by molar-refractivity contribution is 7.80. The van der Waals surface area contributed by atoms with Crippen molar-refractivity contribution in [2.45, 2.75) is 13.3 Å². The van der Waals surface area contributed by atoms with Crippen LogP contribution in [0.1, 0.15) is 18.9 Å². The monoisotopic (exact) mass is 334 g/mol. The third kappa shape index (κ3) is 3.48. The Morgan fingerprint density at radius 3 is 2.70 bits per heavy atom. The minimum absolute atomic E-state index is 0.0113. The number of carbonyl (C=O) groups excluding carboxylic acids is 1. The number of benzene rings is 1. The maximum Gasteiger partial charge on any atom is 0.293 e. The Labute approximate surface area is 139 Å². The van der Waals surface area contributed by atoms with Crippen molar-refractivity contribution in [3.05, 3.63) is 39.6 Å². The van der Waals surface area contributed by atoms with Crippen LogP contribution in [-0.2, 0) is 4.79 Å². The normalized spacial score (nSPS) is 16.0. The summed E-state index contributed by atoms with van der Waals surface area (Å²) < 4.78 is 0. The molecule has 0 atom stereocenters. The summed E-state index contributed by atoms with van der Waals surface area (Å²) in [5.41, 5.74) is 1.39. The van der Waals surface area contributed by atoms with Gasteiger partial charge in [0, 0.05) is 26.7 Å². The van der Waals surface area contributed by atoms with E-state index in [0.29, 0.717) is 28.6 Å². The van der Waals surface area contributed by atoms with Crippen molar-refractivity contribution >= 4 is 40.7 Å². The molecule has 1 heterocycles. The van der Waals surface area contributed by atoms with Gasteiger partial charge in [0.1, 0.15) is 11.4 Å². The van der Waals surface area contributed by atoms with Gasteiger partial charge in [0.05, 0.1) is 4.92 Å². The van der Waals surface area contributed by atoms with Gasteiger partial charge in [0.15, 0.2) is 5.11 Å². The zero-order valence-corrected chi connectivity index (χ0v) is 14.0. The predicted molar refractivity (Wildman–Crippen MR) is 93.1 cm³/mol. The number of amides is 1. The van der Waals surface area contributed by atoms with Crippen LogP contribution in [0.4, 0.5) is 11.4 Å². The molecule has 1 fully saturated rings. The Kier molecular flexibility index (Phi) is 4.95. The summed E-state index contributed by atoms with van der Waals surface area (Å²) in [4.78, 5) is 26.2. The molecule has 1 aromatic rings. The summed E-state index contributed by atoms with van der Waals surface area (Å²) in [6, 6.07) is 4.84. The molecule has 0 aliphatic carbocycles. The Morgan fingerprint density at radius 2 is 2.13 bits per heavy atom. The van der Waals surface area contributed by atoms with Crippen LogP contribution in [-0.4, -0.2) is 41.5 Å². The zero-order chi connectivity index (χ0) is 17.1. The van der Waals surface area contributed by atoms with Gasteiger partial charge in [0.25, 0.3) is 11.6 Å². The van der Waals surface area contributed by atoms with Crippen LogP contribution in [0.3, 0.4) is 0 Å². The lowest BCUT2D eigenvalue weighted by Crippen LogP contribution is -2.31. The van der Waals surface area contributed by atoms with Crippen molar-refractivity contribution in [2.75, 3.05) is 25.5 Å². The molecule has 122 valence electrons. The Hall–Kier alpha value is -2.48. The lowest BCUT2D eigenvalue weighted by Gasteiger charge is -2.12. The molecule has 23 heavy (non-hydrogen) atoms. The van der Waals surface area contributed by atoms with E-state index in [2.05, 4.69) is 5.32 Å². The molecular formula is C15H18N4O3S. The van der Waals surface area contributed by atoms with Gasteiger partial charge in [0.2, 0.25) is 0 Å².